The Morgan fingerprint density at radius 2 is 1.70 bits per heavy atom. The van der Waals surface area contributed by atoms with Crippen molar-refractivity contribution in [3.05, 3.63) is 97.3 Å². The zero-order valence-corrected chi connectivity index (χ0v) is 20.7. The Balaban J connectivity index is 1.34. The van der Waals surface area contributed by atoms with Crippen LogP contribution in [0, 0.1) is 10.1 Å². The number of non-ortho nitro benzene ring substituents is 1. The predicted octanol–water partition coefficient (Wildman–Crippen LogP) is 6.67. The van der Waals surface area contributed by atoms with E-state index in [1.165, 1.54) is 41.7 Å². The molecule has 0 aliphatic carbocycles. The van der Waals surface area contributed by atoms with Crippen molar-refractivity contribution in [1.82, 2.24) is 10.2 Å². The Bertz CT molecular complexity index is 1680. The maximum atomic E-state index is 13.0. The van der Waals surface area contributed by atoms with Crippen LogP contribution in [0.1, 0.15) is 20.0 Å². The Morgan fingerprint density at radius 1 is 0.946 bits per heavy atom. The summed E-state index contributed by atoms with van der Waals surface area (Å²) in [6.45, 7) is 0. The molecule has 0 spiro atoms. The van der Waals surface area contributed by atoms with E-state index in [9.17, 15) is 19.7 Å². The van der Waals surface area contributed by atoms with Gasteiger partial charge in [0.1, 0.15) is 4.88 Å². The highest BCUT2D eigenvalue weighted by atomic mass is 35.5. The number of amides is 2. The van der Waals surface area contributed by atoms with Gasteiger partial charge in [-0.15, -0.1) is 16.4 Å². The van der Waals surface area contributed by atoms with E-state index in [0.29, 0.717) is 21.0 Å². The number of nitro benzene ring substituents is 1. The van der Waals surface area contributed by atoms with Crippen LogP contribution in [0.25, 0.3) is 21.5 Å². The SMILES string of the molecule is O=C(Nc1nnc(-c2ccc([N+](=O)[O-])cc2)o1)c1ccccc1NC(=O)c1sc2cc(Cl)ccc2c1Cl. The van der Waals surface area contributed by atoms with E-state index < -0.39 is 16.7 Å². The van der Waals surface area contributed by atoms with E-state index in [4.69, 9.17) is 27.6 Å². The molecule has 2 heterocycles. The number of nitrogens with zero attached hydrogens (tertiary/aromatic N) is 3. The molecular weight excluding hydrogens is 541 g/mol. The summed E-state index contributed by atoms with van der Waals surface area (Å²) in [7, 11) is 0. The van der Waals surface area contributed by atoms with E-state index in [1.54, 1.807) is 36.4 Å². The summed E-state index contributed by atoms with van der Waals surface area (Å²) in [6, 6.07) is 16.9. The fourth-order valence-corrected chi connectivity index (χ4v) is 5.12. The molecule has 5 aromatic rings. The Hall–Kier alpha value is -4.32. The van der Waals surface area contributed by atoms with Gasteiger partial charge in [-0.1, -0.05) is 46.5 Å². The van der Waals surface area contributed by atoms with Crippen molar-refractivity contribution in [3.8, 4) is 11.5 Å². The van der Waals surface area contributed by atoms with E-state index in [1.807, 2.05) is 0 Å². The third-order valence-electron chi connectivity index (χ3n) is 5.19. The number of benzene rings is 3. The first-order valence-electron chi connectivity index (χ1n) is 10.5. The molecule has 0 radical (unpaired) electrons. The number of nitro groups is 1. The van der Waals surface area contributed by atoms with E-state index >= 15 is 0 Å². The van der Waals surface area contributed by atoms with Gasteiger partial charge in [0, 0.05) is 32.8 Å². The van der Waals surface area contributed by atoms with E-state index in [0.717, 1.165) is 4.70 Å². The van der Waals surface area contributed by atoms with Crippen LogP contribution in [-0.2, 0) is 0 Å². The zero-order valence-electron chi connectivity index (χ0n) is 18.4. The molecule has 0 aliphatic heterocycles. The second-order valence-corrected chi connectivity index (χ2v) is 9.42. The zero-order chi connectivity index (χ0) is 26.1. The minimum absolute atomic E-state index is 0.0614. The molecular formula is C24H13Cl2N5O5S. The fourth-order valence-electron chi connectivity index (χ4n) is 3.43. The number of para-hydroxylation sites is 1. The number of fused-ring (bicyclic) bond motifs is 1. The van der Waals surface area contributed by atoms with Crippen molar-refractivity contribution in [2.24, 2.45) is 0 Å². The van der Waals surface area contributed by atoms with Crippen molar-refractivity contribution in [2.45, 2.75) is 0 Å². The lowest BCUT2D eigenvalue weighted by Crippen LogP contribution is -2.18. The summed E-state index contributed by atoms with van der Waals surface area (Å²) in [5, 5.41) is 25.2. The molecule has 10 nitrogen and oxygen atoms in total. The molecule has 0 unspecified atom stereocenters. The summed E-state index contributed by atoms with van der Waals surface area (Å²) in [5.41, 5.74) is 0.738. The average Bonchev–Trinajstić information content (AvgIpc) is 3.48. The number of aromatic nitrogens is 2. The number of hydrogen-bond donors (Lipinski definition) is 2. The average molecular weight is 554 g/mol. The van der Waals surface area contributed by atoms with Crippen molar-refractivity contribution < 1.29 is 18.9 Å². The van der Waals surface area contributed by atoms with E-state index in [-0.39, 0.29) is 33.7 Å². The first-order valence-corrected chi connectivity index (χ1v) is 12.0. The molecule has 2 amide bonds. The lowest BCUT2D eigenvalue weighted by atomic mass is 10.1. The van der Waals surface area contributed by atoms with Crippen LogP contribution < -0.4 is 10.6 Å². The predicted molar refractivity (Wildman–Crippen MR) is 141 cm³/mol. The number of rotatable bonds is 6. The van der Waals surface area contributed by atoms with Gasteiger partial charge in [0.2, 0.25) is 5.89 Å². The number of hydrogen-bond acceptors (Lipinski definition) is 8. The van der Waals surface area contributed by atoms with Crippen molar-refractivity contribution in [3.63, 3.8) is 0 Å². The van der Waals surface area contributed by atoms with Gasteiger partial charge in [-0.2, -0.15) is 0 Å². The molecule has 3 aromatic carbocycles. The molecule has 0 fully saturated rings. The van der Waals surface area contributed by atoms with Crippen LogP contribution in [-0.4, -0.2) is 26.9 Å². The highest BCUT2D eigenvalue weighted by molar-refractivity contribution is 7.21. The molecule has 0 saturated carbocycles. The topological polar surface area (TPSA) is 140 Å². The van der Waals surface area contributed by atoms with Crippen molar-refractivity contribution in [2.75, 3.05) is 10.6 Å². The highest BCUT2D eigenvalue weighted by Crippen LogP contribution is 2.37. The first kappa shape index (κ1) is 24.4. The molecule has 184 valence electrons. The number of halogens is 2. The fraction of sp³-hybridized carbons (Fsp3) is 0. The van der Waals surface area contributed by atoms with Crippen LogP contribution in [0.5, 0.6) is 0 Å². The number of anilines is 2. The molecule has 2 aromatic heterocycles. The van der Waals surface area contributed by atoms with Gasteiger partial charge in [0.25, 0.3) is 17.5 Å². The number of carbonyl (C=O) groups excluding carboxylic acids is 2. The van der Waals surface area contributed by atoms with Gasteiger partial charge in [0.15, 0.2) is 0 Å². The number of thiophene rings is 1. The molecule has 37 heavy (non-hydrogen) atoms. The highest BCUT2D eigenvalue weighted by Gasteiger charge is 2.21. The van der Waals surface area contributed by atoms with Crippen LogP contribution in [0.15, 0.2) is 71.1 Å². The van der Waals surface area contributed by atoms with Gasteiger partial charge in [-0.25, -0.2) is 0 Å². The van der Waals surface area contributed by atoms with Gasteiger partial charge in [0.05, 0.1) is 21.2 Å². The lowest BCUT2D eigenvalue weighted by Gasteiger charge is -2.09. The lowest BCUT2D eigenvalue weighted by molar-refractivity contribution is -0.384. The molecule has 0 aliphatic rings. The summed E-state index contributed by atoms with van der Waals surface area (Å²) in [4.78, 5) is 36.6. The van der Waals surface area contributed by atoms with E-state index in [2.05, 4.69) is 20.8 Å². The molecule has 2 N–H and O–H groups in total. The third-order valence-corrected chi connectivity index (χ3v) is 7.08. The molecule has 13 heteroatoms. The smallest absolute Gasteiger partial charge is 0.322 e. The quantitative estimate of drug-likeness (QED) is 0.176. The van der Waals surface area contributed by atoms with Gasteiger partial charge < -0.3 is 9.73 Å². The van der Waals surface area contributed by atoms with Gasteiger partial charge in [-0.3, -0.25) is 25.0 Å². The molecule has 0 saturated heterocycles. The summed E-state index contributed by atoms with van der Waals surface area (Å²) in [6.07, 6.45) is 0. The standard InChI is InChI=1S/C24H13Cl2N5O5S/c25-13-7-10-16-18(11-13)37-20(19(16)26)22(33)27-17-4-2-1-3-15(17)21(32)28-24-30-29-23(36-24)12-5-8-14(9-6-12)31(34)35/h1-11H,(H,27,33)(H,28,30,32). The van der Waals surface area contributed by atoms with Crippen molar-refractivity contribution >= 4 is 73.8 Å². The second-order valence-electron chi connectivity index (χ2n) is 7.56. The summed E-state index contributed by atoms with van der Waals surface area (Å²) < 4.78 is 6.23. The largest absolute Gasteiger partial charge is 0.403 e. The molecule has 0 bridgehead atoms. The normalized spacial score (nSPS) is 10.9. The number of carbonyl (C=O) groups is 2. The third kappa shape index (κ3) is 5.00. The Morgan fingerprint density at radius 3 is 2.46 bits per heavy atom. The van der Waals surface area contributed by atoms with Crippen molar-refractivity contribution in [1.29, 1.82) is 0 Å². The Kier molecular flexibility index (Phi) is 6.57. The summed E-state index contributed by atoms with van der Waals surface area (Å²) in [5.74, 6) is -1.03. The van der Waals surface area contributed by atoms with Crippen LogP contribution in [0.3, 0.4) is 0 Å². The maximum Gasteiger partial charge on any atom is 0.322 e. The first-order chi connectivity index (χ1) is 17.8. The van der Waals surface area contributed by atoms with Gasteiger partial charge in [-0.05, 0) is 36.4 Å². The maximum absolute atomic E-state index is 13.0. The van der Waals surface area contributed by atoms with Crippen LogP contribution >= 0.6 is 34.5 Å². The Labute approximate surface area is 222 Å². The second kappa shape index (κ2) is 9.97. The molecule has 0 atom stereocenters. The summed E-state index contributed by atoms with van der Waals surface area (Å²) >= 11 is 13.7. The monoisotopic (exact) mass is 553 g/mol. The van der Waals surface area contributed by atoms with Crippen LogP contribution in [0.4, 0.5) is 17.4 Å². The minimum atomic E-state index is -0.607. The number of nitrogens with one attached hydrogen (secondary N) is 2. The molecule has 5 rings (SSSR count). The van der Waals surface area contributed by atoms with Crippen LogP contribution in [0.2, 0.25) is 10.0 Å². The minimum Gasteiger partial charge on any atom is -0.403 e. The van der Waals surface area contributed by atoms with Gasteiger partial charge >= 0.3 is 6.01 Å².